The highest BCUT2D eigenvalue weighted by molar-refractivity contribution is 7.89. The van der Waals surface area contributed by atoms with Crippen molar-refractivity contribution in [2.75, 3.05) is 11.9 Å². The van der Waals surface area contributed by atoms with Crippen LogP contribution in [0.1, 0.15) is 17.6 Å². The van der Waals surface area contributed by atoms with E-state index in [0.29, 0.717) is 12.2 Å². The minimum Gasteiger partial charge on any atom is -0.363 e. The van der Waals surface area contributed by atoms with Crippen LogP contribution >= 0.6 is 11.3 Å². The molecule has 1 aromatic heterocycles. The van der Waals surface area contributed by atoms with E-state index in [0.717, 1.165) is 23.2 Å². The number of rotatable bonds is 6. The molecule has 2 rings (SSSR count). The number of aromatic nitrogens is 1. The fourth-order valence-electron chi connectivity index (χ4n) is 2.06. The maximum Gasteiger partial charge on any atom is 0.293 e. The first-order valence-corrected chi connectivity index (χ1v) is 9.10. The topological polar surface area (TPSA) is 119 Å². The number of hydrogen-bond acceptors (Lipinski definition) is 7. The molecule has 124 valence electrons. The number of sulfonamides is 1. The minimum atomic E-state index is -3.99. The molecular formula is C13H16N4O4S2. The number of nitrogens with zero attached hydrogens (tertiary/aromatic N) is 3. The van der Waals surface area contributed by atoms with Crippen LogP contribution in [0.4, 0.5) is 11.4 Å². The molecule has 2 aromatic rings. The van der Waals surface area contributed by atoms with Crippen LogP contribution in [0.3, 0.4) is 0 Å². The SMILES string of the molecule is CCc1nc(CN(C)c2ccc(S(N)(=O)=O)cc2[N+](=O)[O-])cs1. The summed E-state index contributed by atoms with van der Waals surface area (Å²) < 4.78 is 22.7. The molecule has 0 fully saturated rings. The quantitative estimate of drug-likeness (QED) is 0.623. The Labute approximate surface area is 137 Å². The molecule has 10 heteroatoms. The molecule has 1 heterocycles. The Kier molecular flexibility index (Phi) is 4.97. The first-order valence-electron chi connectivity index (χ1n) is 6.68. The number of benzene rings is 1. The highest BCUT2D eigenvalue weighted by atomic mass is 32.2. The van der Waals surface area contributed by atoms with Gasteiger partial charge in [-0.3, -0.25) is 10.1 Å². The third kappa shape index (κ3) is 4.03. The monoisotopic (exact) mass is 356 g/mol. The molecule has 0 spiro atoms. The van der Waals surface area contributed by atoms with E-state index in [4.69, 9.17) is 5.14 Å². The van der Waals surface area contributed by atoms with Crippen LogP contribution in [-0.4, -0.2) is 25.4 Å². The highest BCUT2D eigenvalue weighted by Crippen LogP contribution is 2.30. The molecule has 0 amide bonds. The van der Waals surface area contributed by atoms with Crippen molar-refractivity contribution >= 4 is 32.7 Å². The van der Waals surface area contributed by atoms with Crippen LogP contribution in [0, 0.1) is 10.1 Å². The Morgan fingerprint density at radius 1 is 1.43 bits per heavy atom. The highest BCUT2D eigenvalue weighted by Gasteiger charge is 2.21. The normalized spacial score (nSPS) is 11.4. The maximum absolute atomic E-state index is 11.3. The van der Waals surface area contributed by atoms with Gasteiger partial charge in [0, 0.05) is 18.5 Å². The molecule has 0 unspecified atom stereocenters. The Morgan fingerprint density at radius 3 is 2.65 bits per heavy atom. The first-order chi connectivity index (χ1) is 10.7. The van der Waals surface area contributed by atoms with E-state index >= 15 is 0 Å². The van der Waals surface area contributed by atoms with Gasteiger partial charge in [0.25, 0.3) is 5.69 Å². The van der Waals surface area contributed by atoms with E-state index in [9.17, 15) is 18.5 Å². The van der Waals surface area contributed by atoms with E-state index in [2.05, 4.69) is 4.98 Å². The molecule has 0 radical (unpaired) electrons. The van der Waals surface area contributed by atoms with Gasteiger partial charge < -0.3 is 4.90 Å². The lowest BCUT2D eigenvalue weighted by molar-refractivity contribution is -0.384. The molecule has 0 atom stereocenters. The van der Waals surface area contributed by atoms with Crippen molar-refractivity contribution in [2.45, 2.75) is 24.8 Å². The van der Waals surface area contributed by atoms with Crippen molar-refractivity contribution in [3.8, 4) is 0 Å². The predicted octanol–water partition coefficient (Wildman–Crippen LogP) is 1.90. The van der Waals surface area contributed by atoms with E-state index in [1.807, 2.05) is 12.3 Å². The summed E-state index contributed by atoms with van der Waals surface area (Å²) in [5, 5.41) is 19.2. The zero-order chi connectivity index (χ0) is 17.2. The van der Waals surface area contributed by atoms with Crippen LogP contribution < -0.4 is 10.0 Å². The predicted molar refractivity (Wildman–Crippen MR) is 88.1 cm³/mol. The zero-order valence-corrected chi connectivity index (χ0v) is 14.2. The van der Waals surface area contributed by atoms with Crippen LogP contribution in [-0.2, 0) is 23.0 Å². The molecule has 0 saturated carbocycles. The maximum atomic E-state index is 11.3. The number of nitrogens with two attached hydrogens (primary N) is 1. The van der Waals surface area contributed by atoms with Crippen LogP contribution in [0.2, 0.25) is 0 Å². The summed E-state index contributed by atoms with van der Waals surface area (Å²) in [6, 6.07) is 3.61. The van der Waals surface area contributed by atoms with Crippen molar-refractivity contribution in [2.24, 2.45) is 5.14 Å². The number of aryl methyl sites for hydroxylation is 1. The molecule has 0 saturated heterocycles. The fraction of sp³-hybridized carbons (Fsp3) is 0.308. The first kappa shape index (κ1) is 17.3. The van der Waals surface area contributed by atoms with Gasteiger partial charge in [0.05, 0.1) is 27.1 Å². The second-order valence-electron chi connectivity index (χ2n) is 4.89. The number of nitro groups is 1. The Bertz CT molecular complexity index is 832. The van der Waals surface area contributed by atoms with Gasteiger partial charge >= 0.3 is 0 Å². The largest absolute Gasteiger partial charge is 0.363 e. The Hall–Kier alpha value is -2.04. The zero-order valence-electron chi connectivity index (χ0n) is 12.6. The average Bonchev–Trinajstić information content (AvgIpc) is 2.93. The van der Waals surface area contributed by atoms with Gasteiger partial charge in [-0.15, -0.1) is 11.3 Å². The number of thiazole rings is 1. The smallest absolute Gasteiger partial charge is 0.293 e. The van der Waals surface area contributed by atoms with E-state index in [-0.39, 0.29) is 10.6 Å². The third-order valence-electron chi connectivity index (χ3n) is 3.18. The lowest BCUT2D eigenvalue weighted by Gasteiger charge is -2.18. The van der Waals surface area contributed by atoms with E-state index in [1.54, 1.807) is 11.9 Å². The van der Waals surface area contributed by atoms with Crippen LogP contribution in [0.15, 0.2) is 28.5 Å². The number of primary sulfonamides is 1. The summed E-state index contributed by atoms with van der Waals surface area (Å²) in [6.07, 6.45) is 0.831. The Balaban J connectivity index is 2.35. The molecule has 0 aliphatic carbocycles. The third-order valence-corrected chi connectivity index (χ3v) is 5.14. The van der Waals surface area contributed by atoms with E-state index < -0.39 is 14.9 Å². The number of anilines is 1. The van der Waals surface area contributed by atoms with Crippen molar-refractivity contribution in [3.05, 3.63) is 44.4 Å². The van der Waals surface area contributed by atoms with Crippen molar-refractivity contribution in [1.29, 1.82) is 0 Å². The summed E-state index contributed by atoms with van der Waals surface area (Å²) in [5.41, 5.74) is 0.789. The number of nitro benzene ring substituents is 1. The molecule has 0 aliphatic heterocycles. The van der Waals surface area contributed by atoms with Gasteiger partial charge in [-0.2, -0.15) is 0 Å². The van der Waals surface area contributed by atoms with Crippen LogP contribution in [0.25, 0.3) is 0 Å². The molecule has 0 bridgehead atoms. The minimum absolute atomic E-state index is 0.289. The van der Waals surface area contributed by atoms with Crippen molar-refractivity contribution < 1.29 is 13.3 Å². The van der Waals surface area contributed by atoms with Gasteiger partial charge in [0.1, 0.15) is 5.69 Å². The Morgan fingerprint density at radius 2 is 2.13 bits per heavy atom. The van der Waals surface area contributed by atoms with E-state index in [1.165, 1.54) is 23.5 Å². The van der Waals surface area contributed by atoms with Crippen molar-refractivity contribution in [1.82, 2.24) is 4.98 Å². The van der Waals surface area contributed by atoms with Gasteiger partial charge in [0.2, 0.25) is 10.0 Å². The number of hydrogen-bond donors (Lipinski definition) is 1. The van der Waals surface area contributed by atoms with Gasteiger partial charge in [0.15, 0.2) is 0 Å². The average molecular weight is 356 g/mol. The lowest BCUT2D eigenvalue weighted by atomic mass is 10.2. The van der Waals surface area contributed by atoms with Gasteiger partial charge in [-0.1, -0.05) is 6.92 Å². The summed E-state index contributed by atoms with van der Waals surface area (Å²) >= 11 is 1.54. The summed E-state index contributed by atoms with van der Waals surface area (Å²) in [5.74, 6) is 0. The molecule has 23 heavy (non-hydrogen) atoms. The standard InChI is InChI=1S/C13H16N4O4S2/c1-3-13-15-9(8-22-13)7-16(2)11-5-4-10(23(14,20)21)6-12(11)17(18)19/h4-6,8H,3,7H2,1-2H3,(H2,14,20,21). The second kappa shape index (κ2) is 6.60. The molecule has 0 aliphatic rings. The lowest BCUT2D eigenvalue weighted by Crippen LogP contribution is -2.19. The van der Waals surface area contributed by atoms with Gasteiger partial charge in [-0.05, 0) is 18.6 Å². The molecular weight excluding hydrogens is 340 g/mol. The second-order valence-corrected chi connectivity index (χ2v) is 7.40. The molecule has 2 N–H and O–H groups in total. The fourth-order valence-corrected chi connectivity index (χ4v) is 3.33. The molecule has 8 nitrogen and oxygen atoms in total. The summed E-state index contributed by atoms with van der Waals surface area (Å²) in [6.45, 7) is 2.38. The van der Waals surface area contributed by atoms with Crippen LogP contribution in [0.5, 0.6) is 0 Å². The van der Waals surface area contributed by atoms with Gasteiger partial charge in [-0.25, -0.2) is 18.5 Å². The molecule has 1 aromatic carbocycles. The summed E-state index contributed by atoms with van der Waals surface area (Å²) in [4.78, 5) is 16.4. The van der Waals surface area contributed by atoms with Crippen molar-refractivity contribution in [3.63, 3.8) is 0 Å². The summed E-state index contributed by atoms with van der Waals surface area (Å²) in [7, 11) is -2.31.